The summed E-state index contributed by atoms with van der Waals surface area (Å²) >= 11 is 0. The molecule has 84 valence electrons. The number of nitrogens with zero attached hydrogens (tertiary/aromatic N) is 1. The first kappa shape index (κ1) is 11.2. The van der Waals surface area contributed by atoms with Crippen molar-refractivity contribution in [2.24, 2.45) is 5.92 Å². The Kier molecular flexibility index (Phi) is 3.26. The normalized spacial score (nSPS) is 28.9. The highest BCUT2D eigenvalue weighted by Gasteiger charge is 2.36. The van der Waals surface area contributed by atoms with Crippen molar-refractivity contribution < 1.29 is 0 Å². The van der Waals surface area contributed by atoms with Crippen LogP contribution in [0, 0.1) is 17.2 Å². The van der Waals surface area contributed by atoms with E-state index in [2.05, 4.69) is 30.4 Å². The molecule has 2 rings (SSSR count). The Morgan fingerprint density at radius 3 is 2.75 bits per heavy atom. The smallest absolute Gasteiger partial charge is 0.107 e. The fourth-order valence-electron chi connectivity index (χ4n) is 2.46. The summed E-state index contributed by atoms with van der Waals surface area (Å²) in [6.07, 6.45) is 3.13. The maximum Gasteiger partial charge on any atom is 0.107 e. The molecule has 0 bridgehead atoms. The van der Waals surface area contributed by atoms with Crippen LogP contribution in [0.25, 0.3) is 0 Å². The molecule has 0 radical (unpaired) electrons. The molecule has 0 amide bonds. The van der Waals surface area contributed by atoms with Gasteiger partial charge in [-0.15, -0.1) is 0 Å². The number of nitriles is 1. The summed E-state index contributed by atoms with van der Waals surface area (Å²) in [5, 5.41) is 12.7. The summed E-state index contributed by atoms with van der Waals surface area (Å²) in [6.45, 7) is 3.02. The van der Waals surface area contributed by atoms with Crippen LogP contribution in [0.1, 0.15) is 31.7 Å². The van der Waals surface area contributed by atoms with Crippen LogP contribution >= 0.6 is 0 Å². The molecule has 1 aromatic rings. The van der Waals surface area contributed by atoms with Gasteiger partial charge >= 0.3 is 0 Å². The van der Waals surface area contributed by atoms with Crippen molar-refractivity contribution in [2.45, 2.75) is 38.3 Å². The van der Waals surface area contributed by atoms with E-state index in [1.54, 1.807) is 0 Å². The second kappa shape index (κ2) is 4.67. The van der Waals surface area contributed by atoms with Crippen LogP contribution in [-0.4, -0.2) is 5.54 Å². The van der Waals surface area contributed by atoms with Crippen LogP contribution in [0.4, 0.5) is 0 Å². The molecule has 2 unspecified atom stereocenters. The zero-order chi connectivity index (χ0) is 11.4. The van der Waals surface area contributed by atoms with E-state index in [1.807, 2.05) is 18.2 Å². The first-order valence-electron chi connectivity index (χ1n) is 5.94. The molecule has 0 saturated heterocycles. The summed E-state index contributed by atoms with van der Waals surface area (Å²) < 4.78 is 0. The molecule has 1 aliphatic carbocycles. The molecule has 0 heterocycles. The van der Waals surface area contributed by atoms with E-state index < -0.39 is 0 Å². The van der Waals surface area contributed by atoms with E-state index >= 15 is 0 Å². The Morgan fingerprint density at radius 1 is 1.44 bits per heavy atom. The van der Waals surface area contributed by atoms with Gasteiger partial charge in [0.25, 0.3) is 0 Å². The van der Waals surface area contributed by atoms with Gasteiger partial charge in [-0.1, -0.05) is 37.3 Å². The molecule has 0 aromatic heterocycles. The van der Waals surface area contributed by atoms with Gasteiger partial charge in [0.15, 0.2) is 0 Å². The molecule has 0 spiro atoms. The van der Waals surface area contributed by atoms with E-state index in [4.69, 9.17) is 0 Å². The van der Waals surface area contributed by atoms with Crippen LogP contribution in [-0.2, 0) is 6.54 Å². The predicted octanol–water partition coefficient (Wildman–Crippen LogP) is 2.86. The highest BCUT2D eigenvalue weighted by Crippen LogP contribution is 2.33. The second-order valence-electron chi connectivity index (χ2n) is 4.88. The molecule has 0 aliphatic heterocycles. The molecule has 2 atom stereocenters. The second-order valence-corrected chi connectivity index (χ2v) is 4.88. The summed E-state index contributed by atoms with van der Waals surface area (Å²) in [5.74, 6) is 0.669. The van der Waals surface area contributed by atoms with Crippen LogP contribution in [0.2, 0.25) is 0 Å². The Labute approximate surface area is 97.3 Å². The minimum absolute atomic E-state index is 0.282. The minimum Gasteiger partial charge on any atom is -0.295 e. The Balaban J connectivity index is 1.97. The van der Waals surface area contributed by atoms with E-state index in [0.29, 0.717) is 5.92 Å². The Morgan fingerprint density at radius 2 is 2.19 bits per heavy atom. The third kappa shape index (κ3) is 2.43. The fraction of sp³-hybridized carbons (Fsp3) is 0.500. The van der Waals surface area contributed by atoms with Crippen LogP contribution in [0.5, 0.6) is 0 Å². The summed E-state index contributed by atoms with van der Waals surface area (Å²) in [7, 11) is 0. The van der Waals surface area contributed by atoms with Crippen LogP contribution in [0.3, 0.4) is 0 Å². The summed E-state index contributed by atoms with van der Waals surface area (Å²) in [4.78, 5) is 0. The molecule has 16 heavy (non-hydrogen) atoms. The molecular formula is C14H18N2. The zero-order valence-corrected chi connectivity index (χ0v) is 9.74. The van der Waals surface area contributed by atoms with Crippen molar-refractivity contribution >= 4 is 0 Å². The average Bonchev–Trinajstić information content (AvgIpc) is 2.71. The van der Waals surface area contributed by atoms with E-state index in [0.717, 1.165) is 25.8 Å². The van der Waals surface area contributed by atoms with Crippen molar-refractivity contribution in [1.82, 2.24) is 5.32 Å². The Hall–Kier alpha value is -1.33. The lowest BCUT2D eigenvalue weighted by Gasteiger charge is -2.22. The van der Waals surface area contributed by atoms with Crippen molar-refractivity contribution in [3.63, 3.8) is 0 Å². The van der Waals surface area contributed by atoms with Gasteiger partial charge in [-0.3, -0.25) is 5.32 Å². The first-order chi connectivity index (χ1) is 7.74. The number of nitrogens with one attached hydrogen (secondary N) is 1. The highest BCUT2D eigenvalue weighted by atomic mass is 15.0. The maximum absolute atomic E-state index is 9.30. The number of hydrogen-bond acceptors (Lipinski definition) is 2. The standard InChI is InChI=1S/C14H18N2/c1-12-7-8-14(9-12,11-15)16-10-13-5-3-2-4-6-13/h2-6,12,16H,7-10H2,1H3. The maximum atomic E-state index is 9.30. The number of benzene rings is 1. The van der Waals surface area contributed by atoms with Crippen LogP contribution in [0.15, 0.2) is 30.3 Å². The molecular weight excluding hydrogens is 196 g/mol. The third-order valence-corrected chi connectivity index (χ3v) is 3.45. The van der Waals surface area contributed by atoms with Gasteiger partial charge in [0.05, 0.1) is 6.07 Å². The van der Waals surface area contributed by atoms with E-state index in [1.165, 1.54) is 5.56 Å². The van der Waals surface area contributed by atoms with Gasteiger partial charge < -0.3 is 0 Å². The molecule has 1 aliphatic rings. The Bertz CT molecular complexity index is 379. The predicted molar refractivity (Wildman–Crippen MR) is 64.6 cm³/mol. The largest absolute Gasteiger partial charge is 0.295 e. The molecule has 1 saturated carbocycles. The van der Waals surface area contributed by atoms with Gasteiger partial charge in [0.2, 0.25) is 0 Å². The topological polar surface area (TPSA) is 35.8 Å². The fourth-order valence-corrected chi connectivity index (χ4v) is 2.46. The molecule has 1 N–H and O–H groups in total. The van der Waals surface area contributed by atoms with Gasteiger partial charge in [-0.25, -0.2) is 0 Å². The lowest BCUT2D eigenvalue weighted by molar-refractivity contribution is 0.407. The molecule has 1 aromatic carbocycles. The van der Waals surface area contributed by atoms with Crippen molar-refractivity contribution in [3.05, 3.63) is 35.9 Å². The van der Waals surface area contributed by atoms with Crippen LogP contribution < -0.4 is 5.32 Å². The highest BCUT2D eigenvalue weighted by molar-refractivity contribution is 5.17. The van der Waals surface area contributed by atoms with Gasteiger partial charge in [-0.2, -0.15) is 5.26 Å². The molecule has 2 heteroatoms. The quantitative estimate of drug-likeness (QED) is 0.839. The van der Waals surface area contributed by atoms with Crippen molar-refractivity contribution in [2.75, 3.05) is 0 Å². The SMILES string of the molecule is CC1CCC(C#N)(NCc2ccccc2)C1. The van der Waals surface area contributed by atoms with E-state index in [-0.39, 0.29) is 5.54 Å². The summed E-state index contributed by atoms with van der Waals surface area (Å²) in [6, 6.07) is 12.7. The number of rotatable bonds is 3. The zero-order valence-electron chi connectivity index (χ0n) is 9.74. The molecule has 2 nitrogen and oxygen atoms in total. The average molecular weight is 214 g/mol. The van der Waals surface area contributed by atoms with Gasteiger partial charge in [0, 0.05) is 6.54 Å². The minimum atomic E-state index is -0.282. The lowest BCUT2D eigenvalue weighted by Crippen LogP contribution is -2.40. The van der Waals surface area contributed by atoms with Gasteiger partial charge in [0.1, 0.15) is 5.54 Å². The van der Waals surface area contributed by atoms with E-state index in [9.17, 15) is 5.26 Å². The lowest BCUT2D eigenvalue weighted by atomic mass is 9.98. The summed E-state index contributed by atoms with van der Waals surface area (Å²) in [5.41, 5.74) is 0.964. The van der Waals surface area contributed by atoms with Crippen molar-refractivity contribution in [3.8, 4) is 6.07 Å². The molecule has 1 fully saturated rings. The monoisotopic (exact) mass is 214 g/mol. The number of hydrogen-bond donors (Lipinski definition) is 1. The first-order valence-corrected chi connectivity index (χ1v) is 5.94. The van der Waals surface area contributed by atoms with Gasteiger partial charge in [-0.05, 0) is 30.7 Å². The third-order valence-electron chi connectivity index (χ3n) is 3.45. The van der Waals surface area contributed by atoms with Crippen molar-refractivity contribution in [1.29, 1.82) is 5.26 Å².